The van der Waals surface area contributed by atoms with Crippen LogP contribution in [0.3, 0.4) is 0 Å². The monoisotopic (exact) mass is 2250 g/mol. The van der Waals surface area contributed by atoms with Crippen molar-refractivity contribution in [3.8, 4) is 0 Å². The predicted molar refractivity (Wildman–Crippen MR) is 598 cm³/mol. The lowest BCUT2D eigenvalue weighted by Crippen LogP contribution is -1.79. The largest absolute Gasteiger partial charge is 0.121 e. The van der Waals surface area contributed by atoms with Gasteiger partial charge in [-0.25, -0.2) is 0 Å². The first kappa shape index (κ1) is 94.3. The van der Waals surface area contributed by atoms with Crippen LogP contribution in [-0.2, 0) is 0 Å². The van der Waals surface area contributed by atoms with E-state index in [0.29, 0.717) is 0 Å². The molecule has 560 valence electrons. The summed E-state index contributed by atoms with van der Waals surface area (Å²) in [6, 6.07) is 0. The third-order valence-electron chi connectivity index (χ3n) is 11.9. The van der Waals surface area contributed by atoms with Crippen molar-refractivity contribution in [3.63, 3.8) is 0 Å². The van der Waals surface area contributed by atoms with Crippen molar-refractivity contribution in [2.75, 3.05) is 113 Å². The van der Waals surface area contributed by atoms with Gasteiger partial charge in [0.2, 0.25) is 0 Å². The maximum atomic E-state index is 2.25. The molecule has 0 radical (unpaired) electrons. The summed E-state index contributed by atoms with van der Waals surface area (Å²) in [5, 5.41) is 4.90. The average molecular weight is 2250 g/mol. The molecular formula is C55H52S48. The molecule has 0 saturated carbocycles. The first-order valence-electron chi connectivity index (χ1n) is 27.8. The fourth-order valence-corrected chi connectivity index (χ4v) is 76.3. The molecule has 0 N–H and O–H groups in total. The molecule has 12 heterocycles. The third-order valence-corrected chi connectivity index (χ3v) is 79.9. The first-order chi connectivity index (χ1) is 50.3. The van der Waals surface area contributed by atoms with Crippen molar-refractivity contribution in [1.82, 2.24) is 0 Å². The Bertz CT molecular complexity index is 3600. The Morgan fingerprint density at radius 3 is 0.272 bits per heavy atom. The lowest BCUT2D eigenvalue weighted by atomic mass is 11.2. The molecule has 12 aliphatic rings. The van der Waals surface area contributed by atoms with Crippen LogP contribution in [-0.4, -0.2) is 113 Å². The van der Waals surface area contributed by atoms with Crippen LogP contribution >= 0.6 is 565 Å². The van der Waals surface area contributed by atoms with E-state index in [1.54, 1.807) is 0 Å². The van der Waals surface area contributed by atoms with Crippen LogP contribution in [0.25, 0.3) is 0 Å². The summed E-state index contributed by atoms with van der Waals surface area (Å²) >= 11 is 95.2. The van der Waals surface area contributed by atoms with E-state index in [1.165, 1.54) is 153 Å². The fourth-order valence-electron chi connectivity index (χ4n) is 7.59. The van der Waals surface area contributed by atoms with Crippen LogP contribution in [0, 0.1) is 0 Å². The van der Waals surface area contributed by atoms with Crippen molar-refractivity contribution in [2.24, 2.45) is 0 Å². The van der Waals surface area contributed by atoms with Gasteiger partial charge in [0.1, 0.15) is 0 Å². The van der Waals surface area contributed by atoms with Gasteiger partial charge in [0.05, 0.1) is 153 Å². The van der Waals surface area contributed by atoms with Gasteiger partial charge in [0.15, 0.2) is 0 Å². The first-order valence-corrected chi connectivity index (χ1v) is 74.4. The van der Waals surface area contributed by atoms with E-state index in [0.717, 1.165) is 25.4 Å². The molecule has 0 aliphatic carbocycles. The molecule has 0 nitrogen and oxygen atoms in total. The van der Waals surface area contributed by atoms with Gasteiger partial charge in [0.25, 0.3) is 0 Å². The van der Waals surface area contributed by atoms with E-state index in [2.05, 4.69) is 182 Å². The van der Waals surface area contributed by atoms with Crippen LogP contribution in [0.2, 0.25) is 0 Å². The van der Waals surface area contributed by atoms with Crippen LogP contribution in [0.1, 0.15) is 0 Å². The minimum atomic E-state index is 0.965. The van der Waals surface area contributed by atoms with Gasteiger partial charge >= 0.3 is 0 Å². The molecule has 48 heteroatoms. The van der Waals surface area contributed by atoms with Crippen LogP contribution < -0.4 is 0 Å². The smallest absolute Gasteiger partial charge is 0.0717 e. The zero-order valence-corrected chi connectivity index (χ0v) is 94.3. The highest BCUT2D eigenvalue weighted by Gasteiger charge is 2.39. The van der Waals surface area contributed by atoms with Gasteiger partial charge < -0.3 is 0 Å². The van der Waals surface area contributed by atoms with Crippen molar-refractivity contribution in [1.29, 1.82) is 0 Å². The Hall–Kier alpha value is 12.1. The molecule has 12 aliphatic heterocycles. The van der Waals surface area contributed by atoms with E-state index in [4.69, 9.17) is 0 Å². The van der Waals surface area contributed by atoms with E-state index in [9.17, 15) is 0 Å². The molecule has 0 fully saturated rings. The Kier molecular flexibility index (Phi) is 44.6. The summed E-state index contributed by atoms with van der Waals surface area (Å²) in [4.78, 5) is 0. The third kappa shape index (κ3) is 25.3. The molecule has 0 bridgehead atoms. The maximum absolute atomic E-state index is 2.25. The standard InChI is InChI=1S/C55H52S48/c1-56-20-21(57-2)81-44(80-20)50-92-32(68-13)34(94-50)70-15-72-36-38(98-52(96-36)46-84-24(60-5)25(61-6)85-46)74-17-76-40-42(102-54(100-40)48-88-28(64-9)29(65-10)89-48)78-19-79-43-41(101-55(103-43)49-90-30(66-11)31(67-12)91-49)77-18-75-39-37(97-53(99-39)47-86-26(62-7)27(63-8)87-47)73-16-71-35-33(69-14)93-51(95-35)45-82-22(58-3)23(59-4)83-45/h15-19H2,1-14H3. The molecule has 12 rings (SSSR count). The minimum Gasteiger partial charge on any atom is -0.121 e. The van der Waals surface area contributed by atoms with Gasteiger partial charge in [0, 0.05) is 25.4 Å². The molecular weight excluding hydrogens is 2200 g/mol. The van der Waals surface area contributed by atoms with Crippen LogP contribution in [0.4, 0.5) is 0 Å². The van der Waals surface area contributed by atoms with Gasteiger partial charge in [-0.05, 0) is 87.6 Å². The van der Waals surface area contributed by atoms with Gasteiger partial charge in [-0.1, -0.05) is 282 Å². The fraction of sp³-hybridized carbons (Fsp3) is 0.345. The van der Waals surface area contributed by atoms with E-state index < -0.39 is 0 Å². The van der Waals surface area contributed by atoms with E-state index in [-0.39, 0.29) is 0 Å². The van der Waals surface area contributed by atoms with Gasteiger partial charge in [-0.2, -0.15) is 0 Å². The second kappa shape index (κ2) is 48.7. The summed E-state index contributed by atoms with van der Waals surface area (Å²) in [5.74, 6) is 0. The molecule has 103 heavy (non-hydrogen) atoms. The Morgan fingerprint density at radius 1 is 0.117 bits per heavy atom. The number of hydrogen-bond acceptors (Lipinski definition) is 48. The van der Waals surface area contributed by atoms with Crippen molar-refractivity contribution in [2.45, 2.75) is 0 Å². The molecule has 0 aromatic heterocycles. The number of hydrogen-bond donors (Lipinski definition) is 0. The lowest BCUT2D eigenvalue weighted by Gasteiger charge is -2.08. The topological polar surface area (TPSA) is 0 Å². The maximum Gasteiger partial charge on any atom is 0.0717 e. The summed E-state index contributed by atoms with van der Waals surface area (Å²) < 4.78 is 52.2. The summed E-state index contributed by atoms with van der Waals surface area (Å²) in [6.45, 7) is 0. The SMILES string of the molecule is CSC1=C(SC)SC(=C2SC(SC)=C(SCSC3=C(SCSC4=C(SCSC5=C(SCSC6=C(SCSC7=C(SC)SC(=C8SC(SC)=C(SC)S8)S7)SC(=C7SC(SC)=C(SC)S7)S6)SC(=C6SC(SC)=C(SC)S6)S5)SC(=C5SC(SC)=C(SC)S5)S4)SC(=C4SC(SC)=C(SC)S4)S3)S2)S1. The quantitative estimate of drug-likeness (QED) is 0.0561. The molecule has 0 spiro atoms. The molecule has 0 amide bonds. The second-order valence-electron chi connectivity index (χ2n) is 17.7. The highest BCUT2D eigenvalue weighted by molar-refractivity contribution is 8.53. The van der Waals surface area contributed by atoms with E-state index >= 15 is 0 Å². The number of thioether (sulfide) groups is 48. The highest BCUT2D eigenvalue weighted by Crippen LogP contribution is 2.74. The normalized spacial score (nSPS) is 22.0. The predicted octanol–water partition coefficient (Wildman–Crippen LogP) is 39.2. The molecule has 0 saturated heterocycles. The summed E-state index contributed by atoms with van der Waals surface area (Å²) in [7, 11) is 0. The Balaban J connectivity index is 0.752. The zero-order valence-electron chi connectivity index (χ0n) is 55.1. The second-order valence-corrected chi connectivity index (χ2v) is 74.6. The molecule has 0 atom stereocenters. The van der Waals surface area contributed by atoms with Crippen molar-refractivity contribution in [3.05, 3.63) is 153 Å². The summed E-state index contributed by atoms with van der Waals surface area (Å²) in [6.07, 6.45) is 31.2. The molecule has 0 aromatic carbocycles. The zero-order chi connectivity index (χ0) is 72.3. The Labute approximate surface area is 814 Å². The highest BCUT2D eigenvalue weighted by atomic mass is 32.3. The average Bonchev–Trinajstić information content (AvgIpc) is 1.69. The van der Waals surface area contributed by atoms with Gasteiger partial charge in [-0.3, -0.25) is 0 Å². The van der Waals surface area contributed by atoms with Gasteiger partial charge in [-0.15, -0.1) is 282 Å². The minimum absolute atomic E-state index is 0.965. The summed E-state index contributed by atoms with van der Waals surface area (Å²) in [5.41, 5.74) is 0. The number of rotatable bonds is 34. The lowest BCUT2D eigenvalue weighted by molar-refractivity contribution is 2.16. The van der Waals surface area contributed by atoms with Crippen LogP contribution in [0.5, 0.6) is 0 Å². The van der Waals surface area contributed by atoms with Crippen molar-refractivity contribution < 1.29 is 0 Å². The van der Waals surface area contributed by atoms with E-state index in [1.807, 2.05) is 470 Å². The van der Waals surface area contributed by atoms with Crippen LogP contribution in [0.15, 0.2) is 153 Å². The molecule has 0 aromatic rings. The van der Waals surface area contributed by atoms with Crippen molar-refractivity contribution >= 4 is 565 Å². The Morgan fingerprint density at radius 2 is 0.184 bits per heavy atom. The molecule has 0 unspecified atom stereocenters.